The van der Waals surface area contributed by atoms with Crippen molar-refractivity contribution in [1.29, 1.82) is 0 Å². The summed E-state index contributed by atoms with van der Waals surface area (Å²) in [5.41, 5.74) is 3.86. The van der Waals surface area contributed by atoms with Crippen LogP contribution in [-0.4, -0.2) is 28.7 Å². The van der Waals surface area contributed by atoms with E-state index in [1.54, 1.807) is 36.7 Å². The first-order chi connectivity index (χ1) is 15.1. The highest BCUT2D eigenvalue weighted by Gasteiger charge is 2.27. The molecule has 0 aliphatic carbocycles. The van der Waals surface area contributed by atoms with Crippen LogP contribution in [0.1, 0.15) is 34.3 Å². The summed E-state index contributed by atoms with van der Waals surface area (Å²) < 4.78 is 0. The molecule has 0 spiro atoms. The summed E-state index contributed by atoms with van der Waals surface area (Å²) in [7, 11) is 0. The van der Waals surface area contributed by atoms with Gasteiger partial charge in [0, 0.05) is 24.5 Å². The number of nitrogens with one attached hydrogen (secondary N) is 3. The largest absolute Gasteiger partial charge is 0.340 e. The number of para-hydroxylation sites is 1. The molecule has 0 fully saturated rings. The number of benzene rings is 2. The van der Waals surface area contributed by atoms with E-state index in [4.69, 9.17) is 0 Å². The number of pyridine rings is 1. The second kappa shape index (κ2) is 9.21. The highest BCUT2D eigenvalue weighted by atomic mass is 16.2. The minimum absolute atomic E-state index is 0.105. The summed E-state index contributed by atoms with van der Waals surface area (Å²) in [6, 6.07) is 17.6. The van der Waals surface area contributed by atoms with Gasteiger partial charge in [-0.15, -0.1) is 0 Å². The smallest absolute Gasteiger partial charge is 0.254 e. The Morgan fingerprint density at radius 3 is 2.42 bits per heavy atom. The molecule has 0 saturated heterocycles. The van der Waals surface area contributed by atoms with Crippen LogP contribution >= 0.6 is 0 Å². The number of anilines is 2. The van der Waals surface area contributed by atoms with E-state index in [0.29, 0.717) is 16.9 Å². The molecular formula is C24H22N4O3. The molecule has 7 nitrogen and oxygen atoms in total. The van der Waals surface area contributed by atoms with E-state index in [0.717, 1.165) is 17.5 Å². The van der Waals surface area contributed by atoms with Crippen molar-refractivity contribution in [3.63, 3.8) is 0 Å². The molecular weight excluding hydrogens is 392 g/mol. The molecule has 0 bridgehead atoms. The van der Waals surface area contributed by atoms with Crippen molar-refractivity contribution >= 4 is 29.1 Å². The van der Waals surface area contributed by atoms with Gasteiger partial charge in [-0.2, -0.15) is 0 Å². The second-order valence-electron chi connectivity index (χ2n) is 7.38. The summed E-state index contributed by atoms with van der Waals surface area (Å²) in [6.07, 6.45) is 4.62. The second-order valence-corrected chi connectivity index (χ2v) is 7.38. The van der Waals surface area contributed by atoms with Gasteiger partial charge in [-0.05, 0) is 60.4 Å². The van der Waals surface area contributed by atoms with Crippen molar-refractivity contribution in [2.45, 2.75) is 25.3 Å². The Balaban J connectivity index is 1.30. The van der Waals surface area contributed by atoms with E-state index in [2.05, 4.69) is 20.9 Å². The molecule has 0 saturated carbocycles. The number of hydrogen-bond acceptors (Lipinski definition) is 4. The first kappa shape index (κ1) is 20.3. The highest BCUT2D eigenvalue weighted by molar-refractivity contribution is 6.10. The van der Waals surface area contributed by atoms with Gasteiger partial charge in [-0.3, -0.25) is 19.4 Å². The molecule has 1 aliphatic rings. The molecule has 2 aromatic carbocycles. The van der Waals surface area contributed by atoms with Crippen LogP contribution in [0.3, 0.4) is 0 Å². The number of carbonyl (C=O) groups is 3. The predicted molar refractivity (Wildman–Crippen MR) is 118 cm³/mol. The number of aromatic nitrogens is 1. The molecule has 1 atom stereocenters. The maximum atomic E-state index is 12.4. The van der Waals surface area contributed by atoms with E-state index in [-0.39, 0.29) is 30.6 Å². The van der Waals surface area contributed by atoms with Crippen LogP contribution < -0.4 is 16.0 Å². The zero-order chi connectivity index (χ0) is 21.6. The van der Waals surface area contributed by atoms with Crippen molar-refractivity contribution in [3.8, 4) is 0 Å². The summed E-state index contributed by atoms with van der Waals surface area (Å²) in [4.78, 5) is 41.1. The zero-order valence-electron chi connectivity index (χ0n) is 16.8. The lowest BCUT2D eigenvalue weighted by Gasteiger charge is -2.14. The summed E-state index contributed by atoms with van der Waals surface area (Å²) in [5.74, 6) is -0.874. The third kappa shape index (κ3) is 5.14. The number of amides is 3. The Bertz CT molecular complexity index is 1100. The number of nitrogens with zero attached hydrogens (tertiary/aromatic N) is 1. The highest BCUT2D eigenvalue weighted by Crippen LogP contribution is 2.19. The average Bonchev–Trinajstić information content (AvgIpc) is 2.90. The standard InChI is InChI=1S/C24H22N4O3/c29-22(26-18-7-5-16(6-8-18)15-17-11-13-25-14-12-17)10-9-21-24(31)27-20-4-2-1-3-19(20)23(30)28-21/h1-8,11-14,21H,9-10,15H2,(H,26,29)(H,27,31)(H,28,30)/t21-/m0/s1. The molecule has 1 aromatic heterocycles. The Morgan fingerprint density at radius 2 is 1.65 bits per heavy atom. The van der Waals surface area contributed by atoms with Gasteiger partial charge < -0.3 is 16.0 Å². The maximum Gasteiger partial charge on any atom is 0.254 e. The molecule has 3 N–H and O–H groups in total. The SMILES string of the molecule is O=C(CC[C@@H]1NC(=O)c2ccccc2NC1=O)Nc1ccc(Cc2ccncc2)cc1. The Kier molecular flexibility index (Phi) is 6.03. The Morgan fingerprint density at radius 1 is 0.935 bits per heavy atom. The molecule has 2 heterocycles. The first-order valence-electron chi connectivity index (χ1n) is 10.1. The minimum Gasteiger partial charge on any atom is -0.340 e. The number of carbonyl (C=O) groups excluding carboxylic acids is 3. The summed E-state index contributed by atoms with van der Waals surface area (Å²) in [5, 5.41) is 8.28. The van der Waals surface area contributed by atoms with Gasteiger partial charge in [0.1, 0.15) is 6.04 Å². The van der Waals surface area contributed by atoms with Crippen LogP contribution in [0.2, 0.25) is 0 Å². The number of hydrogen-bond donors (Lipinski definition) is 3. The van der Waals surface area contributed by atoms with E-state index in [9.17, 15) is 14.4 Å². The number of rotatable bonds is 6. The van der Waals surface area contributed by atoms with Gasteiger partial charge in [-0.25, -0.2) is 0 Å². The molecule has 7 heteroatoms. The van der Waals surface area contributed by atoms with Gasteiger partial charge in [-0.1, -0.05) is 24.3 Å². The molecule has 4 rings (SSSR count). The lowest BCUT2D eigenvalue weighted by atomic mass is 10.1. The quantitative estimate of drug-likeness (QED) is 0.577. The van der Waals surface area contributed by atoms with Gasteiger partial charge in [0.05, 0.1) is 11.3 Å². The molecule has 3 aromatic rings. The van der Waals surface area contributed by atoms with Gasteiger partial charge in [0.25, 0.3) is 5.91 Å². The van der Waals surface area contributed by atoms with Gasteiger partial charge in [0.2, 0.25) is 11.8 Å². The van der Waals surface area contributed by atoms with E-state index in [1.165, 1.54) is 0 Å². The molecule has 3 amide bonds. The van der Waals surface area contributed by atoms with Crippen molar-refractivity contribution < 1.29 is 14.4 Å². The fraction of sp³-hybridized carbons (Fsp3) is 0.167. The zero-order valence-corrected chi connectivity index (χ0v) is 16.8. The van der Waals surface area contributed by atoms with Crippen LogP contribution in [0, 0.1) is 0 Å². The van der Waals surface area contributed by atoms with Gasteiger partial charge >= 0.3 is 0 Å². The summed E-state index contributed by atoms with van der Waals surface area (Å²) in [6.45, 7) is 0. The summed E-state index contributed by atoms with van der Waals surface area (Å²) >= 11 is 0. The minimum atomic E-state index is -0.770. The number of fused-ring (bicyclic) bond motifs is 1. The third-order valence-corrected chi connectivity index (χ3v) is 5.11. The topological polar surface area (TPSA) is 100 Å². The Hall–Kier alpha value is -4.00. The van der Waals surface area contributed by atoms with Crippen molar-refractivity contribution in [2.75, 3.05) is 10.6 Å². The van der Waals surface area contributed by atoms with Crippen LogP contribution in [0.4, 0.5) is 11.4 Å². The lowest BCUT2D eigenvalue weighted by Crippen LogP contribution is -2.41. The average molecular weight is 414 g/mol. The van der Waals surface area contributed by atoms with Crippen LogP contribution in [-0.2, 0) is 16.0 Å². The van der Waals surface area contributed by atoms with E-state index in [1.807, 2.05) is 36.4 Å². The predicted octanol–water partition coefficient (Wildman–Crippen LogP) is 3.14. The fourth-order valence-electron chi connectivity index (χ4n) is 3.46. The fourth-order valence-corrected chi connectivity index (χ4v) is 3.46. The van der Waals surface area contributed by atoms with E-state index >= 15 is 0 Å². The third-order valence-electron chi connectivity index (χ3n) is 5.11. The van der Waals surface area contributed by atoms with E-state index < -0.39 is 6.04 Å². The molecule has 156 valence electrons. The van der Waals surface area contributed by atoms with Gasteiger partial charge in [0.15, 0.2) is 0 Å². The molecule has 1 aliphatic heterocycles. The molecule has 0 unspecified atom stereocenters. The van der Waals surface area contributed by atoms with Crippen LogP contribution in [0.25, 0.3) is 0 Å². The van der Waals surface area contributed by atoms with Crippen molar-refractivity contribution in [3.05, 3.63) is 89.7 Å². The molecule has 0 radical (unpaired) electrons. The monoisotopic (exact) mass is 414 g/mol. The molecule has 31 heavy (non-hydrogen) atoms. The normalized spacial score (nSPS) is 15.3. The van der Waals surface area contributed by atoms with Crippen molar-refractivity contribution in [1.82, 2.24) is 10.3 Å². The van der Waals surface area contributed by atoms with Crippen molar-refractivity contribution in [2.24, 2.45) is 0 Å². The van der Waals surface area contributed by atoms with Crippen LogP contribution in [0.5, 0.6) is 0 Å². The Labute approximate surface area is 179 Å². The lowest BCUT2D eigenvalue weighted by molar-refractivity contribution is -0.118. The first-order valence-corrected chi connectivity index (χ1v) is 10.1. The van der Waals surface area contributed by atoms with Crippen LogP contribution in [0.15, 0.2) is 73.1 Å². The maximum absolute atomic E-state index is 12.4.